The Bertz CT molecular complexity index is 67.3. The van der Waals surface area contributed by atoms with Crippen molar-refractivity contribution in [3.05, 3.63) is 0 Å². The summed E-state index contributed by atoms with van der Waals surface area (Å²) in [6, 6.07) is 0. The van der Waals surface area contributed by atoms with Crippen molar-refractivity contribution < 1.29 is 13.9 Å². The van der Waals surface area contributed by atoms with Crippen LogP contribution >= 0.6 is 11.6 Å². The van der Waals surface area contributed by atoms with Gasteiger partial charge in [-0.25, -0.2) is 0 Å². The standard InChI is InChI=1S/C3H4ClFO2/c4-3(5)6-1-2-7-3/h1-2H2. The molecule has 0 bridgehead atoms. The second-order valence-electron chi connectivity index (χ2n) is 1.16. The van der Waals surface area contributed by atoms with E-state index in [1.165, 1.54) is 0 Å². The fourth-order valence-corrected chi connectivity index (χ4v) is 0.517. The summed E-state index contributed by atoms with van der Waals surface area (Å²) in [4.78, 5) is 0. The van der Waals surface area contributed by atoms with E-state index in [1.807, 2.05) is 0 Å². The molecule has 42 valence electrons. The first kappa shape index (κ1) is 5.28. The van der Waals surface area contributed by atoms with Gasteiger partial charge in [-0.1, -0.05) is 0 Å². The molecular formula is C3H4ClFO2. The SMILES string of the molecule is FC1(Cl)OCCO1. The number of hydrogen-bond donors (Lipinski definition) is 0. The van der Waals surface area contributed by atoms with E-state index in [0.717, 1.165) is 0 Å². The van der Waals surface area contributed by atoms with Crippen LogP contribution in [0.25, 0.3) is 0 Å². The highest BCUT2D eigenvalue weighted by Gasteiger charge is 2.33. The molecule has 7 heavy (non-hydrogen) atoms. The molecular weight excluding hydrogens is 122 g/mol. The Morgan fingerprint density at radius 2 is 1.86 bits per heavy atom. The van der Waals surface area contributed by atoms with E-state index >= 15 is 0 Å². The van der Waals surface area contributed by atoms with Gasteiger partial charge in [-0.15, -0.1) is 0 Å². The monoisotopic (exact) mass is 126 g/mol. The largest absolute Gasteiger partial charge is 0.405 e. The van der Waals surface area contributed by atoms with E-state index in [9.17, 15) is 4.39 Å². The van der Waals surface area contributed by atoms with E-state index in [-0.39, 0.29) is 13.2 Å². The molecule has 1 aliphatic rings. The summed E-state index contributed by atoms with van der Waals surface area (Å²) in [6.07, 6.45) is 0. The second-order valence-corrected chi connectivity index (χ2v) is 1.61. The Labute approximate surface area is 45.2 Å². The first-order valence-corrected chi connectivity index (χ1v) is 2.24. The molecule has 1 aliphatic heterocycles. The Hall–Kier alpha value is 0.140. The van der Waals surface area contributed by atoms with Crippen molar-refractivity contribution in [2.75, 3.05) is 13.2 Å². The van der Waals surface area contributed by atoms with Gasteiger partial charge in [-0.3, -0.25) is 0 Å². The van der Waals surface area contributed by atoms with Gasteiger partial charge in [0, 0.05) is 0 Å². The van der Waals surface area contributed by atoms with Crippen LogP contribution < -0.4 is 0 Å². The van der Waals surface area contributed by atoms with Crippen molar-refractivity contribution in [3.8, 4) is 0 Å². The van der Waals surface area contributed by atoms with E-state index in [0.29, 0.717) is 0 Å². The van der Waals surface area contributed by atoms with Gasteiger partial charge >= 0.3 is 5.50 Å². The highest BCUT2D eigenvalue weighted by Crippen LogP contribution is 2.24. The molecule has 4 heteroatoms. The fourth-order valence-electron chi connectivity index (χ4n) is 0.363. The van der Waals surface area contributed by atoms with E-state index in [4.69, 9.17) is 11.6 Å². The van der Waals surface area contributed by atoms with Gasteiger partial charge in [0.15, 0.2) is 0 Å². The highest BCUT2D eigenvalue weighted by molar-refractivity contribution is 6.20. The number of halogens is 2. The summed E-state index contributed by atoms with van der Waals surface area (Å²) >= 11 is 4.86. The van der Waals surface area contributed by atoms with Crippen LogP contribution in [0.5, 0.6) is 0 Å². The van der Waals surface area contributed by atoms with Gasteiger partial charge in [-0.2, -0.15) is 4.39 Å². The third-order valence-electron chi connectivity index (χ3n) is 0.624. The van der Waals surface area contributed by atoms with Crippen molar-refractivity contribution in [3.63, 3.8) is 0 Å². The number of alkyl halides is 2. The molecule has 1 fully saturated rings. The average molecular weight is 127 g/mol. The summed E-state index contributed by atoms with van der Waals surface area (Å²) in [6.45, 7) is 0.472. The lowest BCUT2D eigenvalue weighted by molar-refractivity contribution is -0.181. The molecule has 1 rings (SSSR count). The Kier molecular flexibility index (Phi) is 1.19. The minimum Gasteiger partial charge on any atom is -0.308 e. The molecule has 1 heterocycles. The smallest absolute Gasteiger partial charge is 0.308 e. The molecule has 0 atom stereocenters. The Morgan fingerprint density at radius 1 is 1.43 bits per heavy atom. The maximum Gasteiger partial charge on any atom is 0.405 e. The van der Waals surface area contributed by atoms with Crippen LogP contribution in [0.4, 0.5) is 4.39 Å². The molecule has 2 nitrogen and oxygen atoms in total. The first-order valence-electron chi connectivity index (χ1n) is 1.86. The molecule has 0 saturated carbocycles. The zero-order valence-electron chi connectivity index (χ0n) is 3.49. The zero-order valence-corrected chi connectivity index (χ0v) is 4.24. The van der Waals surface area contributed by atoms with Gasteiger partial charge in [0.1, 0.15) is 0 Å². The Balaban J connectivity index is 2.40. The predicted octanol–water partition coefficient (Wildman–Crippen LogP) is 0.853. The van der Waals surface area contributed by atoms with Crippen LogP contribution in [0, 0.1) is 0 Å². The molecule has 0 aromatic rings. The minimum atomic E-state index is -2.33. The van der Waals surface area contributed by atoms with Crippen LogP contribution in [-0.4, -0.2) is 18.7 Å². The van der Waals surface area contributed by atoms with Crippen LogP contribution in [-0.2, 0) is 9.47 Å². The second kappa shape index (κ2) is 1.58. The minimum absolute atomic E-state index is 0.236. The molecule has 0 spiro atoms. The van der Waals surface area contributed by atoms with Crippen molar-refractivity contribution in [2.45, 2.75) is 5.50 Å². The summed E-state index contributed by atoms with van der Waals surface area (Å²) in [5.74, 6) is 0. The quantitative estimate of drug-likeness (QED) is 0.448. The van der Waals surface area contributed by atoms with Gasteiger partial charge in [0.25, 0.3) is 0 Å². The molecule has 1 saturated heterocycles. The first-order chi connectivity index (χ1) is 3.21. The molecule has 0 unspecified atom stereocenters. The number of rotatable bonds is 0. The van der Waals surface area contributed by atoms with Crippen LogP contribution in [0.3, 0.4) is 0 Å². The molecule has 0 aromatic heterocycles. The van der Waals surface area contributed by atoms with Gasteiger partial charge in [0.05, 0.1) is 13.2 Å². The molecule has 0 aliphatic carbocycles. The van der Waals surface area contributed by atoms with E-state index in [1.54, 1.807) is 0 Å². The third-order valence-corrected chi connectivity index (χ3v) is 0.842. The average Bonchev–Trinajstić information content (AvgIpc) is 1.84. The van der Waals surface area contributed by atoms with Gasteiger partial charge in [-0.05, 0) is 11.6 Å². The van der Waals surface area contributed by atoms with E-state index < -0.39 is 5.50 Å². The van der Waals surface area contributed by atoms with Crippen molar-refractivity contribution in [2.24, 2.45) is 0 Å². The number of hydrogen-bond acceptors (Lipinski definition) is 2. The molecule has 0 radical (unpaired) electrons. The maximum atomic E-state index is 11.9. The topological polar surface area (TPSA) is 18.5 Å². The lowest BCUT2D eigenvalue weighted by Gasteiger charge is -2.04. The predicted molar refractivity (Wildman–Crippen MR) is 21.6 cm³/mol. The Morgan fingerprint density at radius 3 is 2.00 bits per heavy atom. The van der Waals surface area contributed by atoms with Crippen LogP contribution in [0.2, 0.25) is 0 Å². The van der Waals surface area contributed by atoms with E-state index in [2.05, 4.69) is 9.47 Å². The highest BCUT2D eigenvalue weighted by atomic mass is 35.5. The summed E-state index contributed by atoms with van der Waals surface area (Å²) < 4.78 is 20.4. The fraction of sp³-hybridized carbons (Fsp3) is 1.00. The van der Waals surface area contributed by atoms with Crippen molar-refractivity contribution >= 4 is 11.6 Å². The lowest BCUT2D eigenvalue weighted by Crippen LogP contribution is -2.12. The third kappa shape index (κ3) is 1.26. The van der Waals surface area contributed by atoms with Gasteiger partial charge in [0.2, 0.25) is 0 Å². The van der Waals surface area contributed by atoms with Crippen molar-refractivity contribution in [1.82, 2.24) is 0 Å². The molecule has 0 aromatic carbocycles. The van der Waals surface area contributed by atoms with Crippen LogP contribution in [0.1, 0.15) is 0 Å². The zero-order chi connectivity index (χ0) is 5.33. The summed E-state index contributed by atoms with van der Waals surface area (Å²) in [5.41, 5.74) is -2.33. The van der Waals surface area contributed by atoms with Gasteiger partial charge < -0.3 is 9.47 Å². The normalized spacial score (nSPS) is 28.3. The van der Waals surface area contributed by atoms with Crippen LogP contribution in [0.15, 0.2) is 0 Å². The molecule has 0 N–H and O–H groups in total. The maximum absolute atomic E-state index is 11.9. The summed E-state index contributed by atoms with van der Waals surface area (Å²) in [7, 11) is 0. The molecule has 0 amide bonds. The number of ether oxygens (including phenoxy) is 2. The summed E-state index contributed by atoms with van der Waals surface area (Å²) in [5, 5.41) is 0. The van der Waals surface area contributed by atoms with Crippen molar-refractivity contribution in [1.29, 1.82) is 0 Å². The lowest BCUT2D eigenvalue weighted by atomic mass is 10.8.